The van der Waals surface area contributed by atoms with E-state index in [1.54, 1.807) is 24.3 Å². The highest BCUT2D eigenvalue weighted by atomic mass is 35.5. The van der Waals surface area contributed by atoms with Crippen LogP contribution in [0.15, 0.2) is 36.4 Å². The standard InChI is InChI=1S/C16H12ClFN2O3/c1-23-11-4-2-10(3-5-11)19-16(22)20-14-8-13(18)12(17)6-9(14)7-15(20)21/h2-6,8H,7H2,1H3,(H,19,22). The Hall–Kier alpha value is -2.60. The van der Waals surface area contributed by atoms with Gasteiger partial charge < -0.3 is 10.1 Å². The molecule has 118 valence electrons. The zero-order valence-corrected chi connectivity index (χ0v) is 12.9. The third kappa shape index (κ3) is 2.85. The van der Waals surface area contributed by atoms with E-state index in [0.717, 1.165) is 11.0 Å². The first kappa shape index (κ1) is 15.3. The summed E-state index contributed by atoms with van der Waals surface area (Å²) in [6.07, 6.45) is 0.00532. The number of carbonyl (C=O) groups excluding carboxylic acids is 2. The zero-order valence-electron chi connectivity index (χ0n) is 12.1. The van der Waals surface area contributed by atoms with Crippen LogP contribution in [0.1, 0.15) is 5.56 Å². The Bertz CT molecular complexity index is 793. The number of halogens is 2. The summed E-state index contributed by atoms with van der Waals surface area (Å²) in [7, 11) is 1.53. The lowest BCUT2D eigenvalue weighted by atomic mass is 10.1. The number of ether oxygens (including phenoxy) is 1. The monoisotopic (exact) mass is 334 g/mol. The second-order valence-corrected chi connectivity index (χ2v) is 5.37. The van der Waals surface area contributed by atoms with Crippen molar-refractivity contribution in [1.29, 1.82) is 0 Å². The number of hydrogen-bond donors (Lipinski definition) is 1. The molecular formula is C16H12ClFN2O3. The molecule has 3 rings (SSSR count). The second kappa shape index (κ2) is 5.89. The number of anilines is 2. The summed E-state index contributed by atoms with van der Waals surface area (Å²) in [5, 5.41) is 2.52. The highest BCUT2D eigenvalue weighted by Crippen LogP contribution is 2.33. The molecule has 2 aromatic carbocycles. The summed E-state index contributed by atoms with van der Waals surface area (Å²) in [4.78, 5) is 25.3. The molecule has 5 nitrogen and oxygen atoms in total. The van der Waals surface area contributed by atoms with Gasteiger partial charge in [0, 0.05) is 5.69 Å². The van der Waals surface area contributed by atoms with E-state index in [0.29, 0.717) is 17.0 Å². The maximum atomic E-state index is 13.6. The maximum Gasteiger partial charge on any atom is 0.333 e. The van der Waals surface area contributed by atoms with Crippen molar-refractivity contribution >= 4 is 34.9 Å². The van der Waals surface area contributed by atoms with Gasteiger partial charge in [-0.2, -0.15) is 0 Å². The van der Waals surface area contributed by atoms with Gasteiger partial charge in [-0.15, -0.1) is 0 Å². The minimum absolute atomic E-state index is 0.00532. The van der Waals surface area contributed by atoms with Crippen LogP contribution in [0.2, 0.25) is 5.02 Å². The van der Waals surface area contributed by atoms with E-state index in [9.17, 15) is 14.0 Å². The van der Waals surface area contributed by atoms with Gasteiger partial charge in [0.1, 0.15) is 11.6 Å². The van der Waals surface area contributed by atoms with Gasteiger partial charge in [-0.1, -0.05) is 11.6 Å². The number of nitrogens with one attached hydrogen (secondary N) is 1. The number of hydrogen-bond acceptors (Lipinski definition) is 3. The molecule has 0 atom stereocenters. The normalized spacial score (nSPS) is 13.0. The van der Waals surface area contributed by atoms with Crippen molar-refractivity contribution in [2.24, 2.45) is 0 Å². The molecule has 0 fully saturated rings. The molecule has 2 aromatic rings. The van der Waals surface area contributed by atoms with E-state index in [-0.39, 0.29) is 17.1 Å². The topological polar surface area (TPSA) is 58.6 Å². The van der Waals surface area contributed by atoms with E-state index in [1.165, 1.54) is 13.2 Å². The fourth-order valence-electron chi connectivity index (χ4n) is 2.38. The lowest BCUT2D eigenvalue weighted by Crippen LogP contribution is -2.37. The molecule has 1 N–H and O–H groups in total. The van der Waals surface area contributed by atoms with Crippen molar-refractivity contribution in [2.75, 3.05) is 17.3 Å². The number of imide groups is 1. The Labute approximate surface area is 136 Å². The fourth-order valence-corrected chi connectivity index (χ4v) is 2.57. The molecule has 23 heavy (non-hydrogen) atoms. The number of methoxy groups -OCH3 is 1. The number of carbonyl (C=O) groups is 2. The lowest BCUT2D eigenvalue weighted by molar-refractivity contribution is -0.116. The summed E-state index contributed by atoms with van der Waals surface area (Å²) in [5.41, 5.74) is 1.22. The van der Waals surface area contributed by atoms with E-state index >= 15 is 0 Å². The van der Waals surface area contributed by atoms with Gasteiger partial charge in [-0.25, -0.2) is 14.1 Å². The molecule has 1 aliphatic rings. The van der Waals surface area contributed by atoms with Crippen molar-refractivity contribution in [3.63, 3.8) is 0 Å². The van der Waals surface area contributed by atoms with Crippen LogP contribution in [0.3, 0.4) is 0 Å². The maximum absolute atomic E-state index is 13.6. The Balaban J connectivity index is 1.85. The molecule has 7 heteroatoms. The molecule has 0 unspecified atom stereocenters. The van der Waals surface area contributed by atoms with Crippen LogP contribution in [0.25, 0.3) is 0 Å². The van der Waals surface area contributed by atoms with E-state index in [2.05, 4.69) is 5.32 Å². The summed E-state index contributed by atoms with van der Waals surface area (Å²) >= 11 is 5.71. The molecule has 0 aromatic heterocycles. The molecule has 0 spiro atoms. The Morgan fingerprint density at radius 1 is 1.30 bits per heavy atom. The summed E-state index contributed by atoms with van der Waals surface area (Å²) in [6.45, 7) is 0. The van der Waals surface area contributed by atoms with Crippen molar-refractivity contribution in [3.05, 3.63) is 52.8 Å². The number of urea groups is 1. The zero-order chi connectivity index (χ0) is 16.6. The molecule has 0 saturated carbocycles. The van der Waals surface area contributed by atoms with Crippen LogP contribution >= 0.6 is 11.6 Å². The third-order valence-corrected chi connectivity index (χ3v) is 3.79. The Kier molecular flexibility index (Phi) is 3.92. The molecule has 1 aliphatic heterocycles. The summed E-state index contributed by atoms with van der Waals surface area (Å²) in [5.74, 6) is -0.475. The van der Waals surface area contributed by atoms with Crippen LogP contribution in [0, 0.1) is 5.82 Å². The second-order valence-electron chi connectivity index (χ2n) is 4.96. The lowest BCUT2D eigenvalue weighted by Gasteiger charge is -2.16. The van der Waals surface area contributed by atoms with Crippen molar-refractivity contribution in [2.45, 2.75) is 6.42 Å². The largest absolute Gasteiger partial charge is 0.497 e. The van der Waals surface area contributed by atoms with E-state index < -0.39 is 17.8 Å². The molecule has 1 heterocycles. The van der Waals surface area contributed by atoms with Gasteiger partial charge in [0.25, 0.3) is 0 Å². The smallest absolute Gasteiger partial charge is 0.333 e. The summed E-state index contributed by atoms with van der Waals surface area (Å²) in [6, 6.07) is 8.44. The molecule has 0 aliphatic carbocycles. The van der Waals surface area contributed by atoms with Crippen LogP contribution < -0.4 is 15.0 Å². The minimum atomic E-state index is -0.678. The van der Waals surface area contributed by atoms with Crippen molar-refractivity contribution in [3.8, 4) is 5.75 Å². The van der Waals surface area contributed by atoms with Gasteiger partial charge in [0.05, 0.1) is 24.2 Å². The first-order valence-corrected chi connectivity index (χ1v) is 7.13. The Morgan fingerprint density at radius 2 is 2.00 bits per heavy atom. The average molecular weight is 335 g/mol. The van der Waals surface area contributed by atoms with Crippen LogP contribution in [-0.4, -0.2) is 19.0 Å². The van der Waals surface area contributed by atoms with Gasteiger partial charge in [-0.3, -0.25) is 4.79 Å². The number of rotatable bonds is 2. The van der Waals surface area contributed by atoms with Gasteiger partial charge in [0.2, 0.25) is 5.91 Å². The predicted molar refractivity (Wildman–Crippen MR) is 84.6 cm³/mol. The molecular weight excluding hydrogens is 323 g/mol. The number of amides is 3. The van der Waals surface area contributed by atoms with Crippen LogP contribution in [0.4, 0.5) is 20.6 Å². The minimum Gasteiger partial charge on any atom is -0.497 e. The first-order chi connectivity index (χ1) is 11.0. The van der Waals surface area contributed by atoms with Crippen LogP contribution in [0.5, 0.6) is 5.75 Å². The van der Waals surface area contributed by atoms with Gasteiger partial charge >= 0.3 is 6.03 Å². The highest BCUT2D eigenvalue weighted by Gasteiger charge is 2.33. The van der Waals surface area contributed by atoms with Gasteiger partial charge in [-0.05, 0) is 42.0 Å². The Morgan fingerprint density at radius 3 is 2.65 bits per heavy atom. The first-order valence-electron chi connectivity index (χ1n) is 6.75. The highest BCUT2D eigenvalue weighted by molar-refractivity contribution is 6.31. The van der Waals surface area contributed by atoms with E-state index in [1.807, 2.05) is 0 Å². The number of fused-ring (bicyclic) bond motifs is 1. The quantitative estimate of drug-likeness (QED) is 0.912. The predicted octanol–water partition coefficient (Wildman–Crippen LogP) is 3.61. The number of nitrogens with zero attached hydrogens (tertiary/aromatic N) is 1. The molecule has 0 saturated heterocycles. The average Bonchev–Trinajstić information content (AvgIpc) is 2.83. The number of benzene rings is 2. The summed E-state index contributed by atoms with van der Waals surface area (Å²) < 4.78 is 18.7. The molecule has 0 bridgehead atoms. The van der Waals surface area contributed by atoms with Crippen LogP contribution in [-0.2, 0) is 11.2 Å². The SMILES string of the molecule is COc1ccc(NC(=O)N2C(=O)Cc3cc(Cl)c(F)cc32)cc1. The fraction of sp³-hybridized carbons (Fsp3) is 0.125. The van der Waals surface area contributed by atoms with Crippen molar-refractivity contribution < 1.29 is 18.7 Å². The van der Waals surface area contributed by atoms with Crippen molar-refractivity contribution in [1.82, 2.24) is 0 Å². The molecule has 3 amide bonds. The van der Waals surface area contributed by atoms with Gasteiger partial charge in [0.15, 0.2) is 0 Å². The van der Waals surface area contributed by atoms with E-state index in [4.69, 9.17) is 16.3 Å². The third-order valence-electron chi connectivity index (χ3n) is 3.50. The molecule has 0 radical (unpaired) electrons.